The number of nitrogens with two attached hydrogens (primary N) is 1. The molecule has 0 bridgehead atoms. The Balaban J connectivity index is 2.31. The molecule has 3 N–H and O–H groups in total. The summed E-state index contributed by atoms with van der Waals surface area (Å²) in [5.74, 6) is -0.0261. The number of rotatable bonds is 4. The van der Waals surface area contributed by atoms with Gasteiger partial charge in [-0.05, 0) is 19.3 Å². The molecule has 15 heavy (non-hydrogen) atoms. The zero-order valence-electron chi connectivity index (χ0n) is 9.37. The second-order valence-corrected chi connectivity index (χ2v) is 4.33. The van der Waals surface area contributed by atoms with E-state index in [9.17, 15) is 4.79 Å². The van der Waals surface area contributed by atoms with Gasteiger partial charge in [-0.25, -0.2) is 0 Å². The van der Waals surface area contributed by atoms with Crippen molar-refractivity contribution in [2.24, 2.45) is 5.73 Å². The topological polar surface area (TPSA) is 55.1 Å². The van der Waals surface area contributed by atoms with Crippen LogP contribution in [0.5, 0.6) is 0 Å². The molecule has 0 aromatic heterocycles. The SMILES string of the molecule is C=CCC(N)C(=O)NC1CCCCCC1. The Bertz CT molecular complexity index is 208. The molecular formula is C12H22N2O. The van der Waals surface area contributed by atoms with Crippen molar-refractivity contribution in [3.8, 4) is 0 Å². The maximum atomic E-state index is 11.6. The Morgan fingerprint density at radius 2 is 2.00 bits per heavy atom. The fourth-order valence-electron chi connectivity index (χ4n) is 2.02. The van der Waals surface area contributed by atoms with E-state index in [1.165, 1.54) is 25.7 Å². The highest BCUT2D eigenvalue weighted by Crippen LogP contribution is 2.17. The molecule has 1 saturated carbocycles. The molecule has 0 heterocycles. The molecule has 0 radical (unpaired) electrons. The summed E-state index contributed by atoms with van der Waals surface area (Å²) >= 11 is 0. The Kier molecular flexibility index (Phi) is 5.40. The zero-order chi connectivity index (χ0) is 11.1. The highest BCUT2D eigenvalue weighted by molar-refractivity contribution is 5.81. The first kappa shape index (κ1) is 12.2. The lowest BCUT2D eigenvalue weighted by Gasteiger charge is -2.18. The molecule has 0 aliphatic heterocycles. The summed E-state index contributed by atoms with van der Waals surface area (Å²) in [4.78, 5) is 11.6. The van der Waals surface area contributed by atoms with Gasteiger partial charge in [-0.15, -0.1) is 6.58 Å². The van der Waals surface area contributed by atoms with Crippen molar-refractivity contribution in [2.45, 2.75) is 57.0 Å². The van der Waals surface area contributed by atoms with Gasteiger partial charge >= 0.3 is 0 Å². The van der Waals surface area contributed by atoms with E-state index in [2.05, 4.69) is 11.9 Å². The van der Waals surface area contributed by atoms with Crippen LogP contribution in [0, 0.1) is 0 Å². The third-order valence-corrected chi connectivity index (χ3v) is 2.96. The predicted molar refractivity (Wildman–Crippen MR) is 62.4 cm³/mol. The van der Waals surface area contributed by atoms with E-state index in [4.69, 9.17) is 5.73 Å². The van der Waals surface area contributed by atoms with Crippen molar-refractivity contribution in [3.05, 3.63) is 12.7 Å². The average molecular weight is 210 g/mol. The molecule has 1 atom stereocenters. The van der Waals surface area contributed by atoms with Crippen LogP contribution in [0.25, 0.3) is 0 Å². The predicted octanol–water partition coefficient (Wildman–Crippen LogP) is 1.73. The van der Waals surface area contributed by atoms with Gasteiger partial charge in [0.15, 0.2) is 0 Å². The minimum atomic E-state index is -0.425. The Hall–Kier alpha value is -0.830. The van der Waals surface area contributed by atoms with E-state index in [1.807, 2.05) is 0 Å². The summed E-state index contributed by atoms with van der Waals surface area (Å²) < 4.78 is 0. The van der Waals surface area contributed by atoms with Crippen LogP contribution in [0.1, 0.15) is 44.9 Å². The first-order chi connectivity index (χ1) is 7.24. The minimum absolute atomic E-state index is 0.0261. The van der Waals surface area contributed by atoms with Crippen LogP contribution in [-0.2, 0) is 4.79 Å². The fraction of sp³-hybridized carbons (Fsp3) is 0.750. The molecule has 0 aromatic carbocycles. The number of hydrogen-bond donors (Lipinski definition) is 2. The van der Waals surface area contributed by atoms with Crippen LogP contribution in [0.4, 0.5) is 0 Å². The van der Waals surface area contributed by atoms with E-state index in [-0.39, 0.29) is 5.91 Å². The maximum Gasteiger partial charge on any atom is 0.237 e. The van der Waals surface area contributed by atoms with E-state index in [0.29, 0.717) is 12.5 Å². The second-order valence-electron chi connectivity index (χ2n) is 4.33. The summed E-state index contributed by atoms with van der Waals surface area (Å²) in [7, 11) is 0. The lowest BCUT2D eigenvalue weighted by molar-refractivity contribution is -0.123. The first-order valence-electron chi connectivity index (χ1n) is 5.91. The van der Waals surface area contributed by atoms with Crippen LogP contribution in [0.15, 0.2) is 12.7 Å². The molecule has 1 rings (SSSR count). The number of nitrogens with one attached hydrogen (secondary N) is 1. The number of amides is 1. The van der Waals surface area contributed by atoms with Crippen molar-refractivity contribution in [3.63, 3.8) is 0 Å². The normalized spacial score (nSPS) is 20.3. The van der Waals surface area contributed by atoms with Crippen LogP contribution in [-0.4, -0.2) is 18.0 Å². The van der Waals surface area contributed by atoms with Gasteiger partial charge in [-0.2, -0.15) is 0 Å². The van der Waals surface area contributed by atoms with Crippen molar-refractivity contribution in [2.75, 3.05) is 0 Å². The molecule has 3 heteroatoms. The number of hydrogen-bond acceptors (Lipinski definition) is 2. The summed E-state index contributed by atoms with van der Waals surface area (Å²) in [5.41, 5.74) is 5.70. The van der Waals surface area contributed by atoms with Crippen LogP contribution in [0.2, 0.25) is 0 Å². The average Bonchev–Trinajstić information content (AvgIpc) is 2.46. The molecule has 1 amide bonds. The second kappa shape index (κ2) is 6.62. The smallest absolute Gasteiger partial charge is 0.237 e. The highest BCUT2D eigenvalue weighted by Gasteiger charge is 2.17. The molecule has 3 nitrogen and oxygen atoms in total. The molecule has 1 aliphatic carbocycles. The zero-order valence-corrected chi connectivity index (χ0v) is 9.37. The lowest BCUT2D eigenvalue weighted by Crippen LogP contribution is -2.45. The van der Waals surface area contributed by atoms with Gasteiger partial charge in [0.25, 0.3) is 0 Å². The first-order valence-corrected chi connectivity index (χ1v) is 5.91. The van der Waals surface area contributed by atoms with Gasteiger partial charge < -0.3 is 11.1 Å². The Morgan fingerprint density at radius 1 is 1.40 bits per heavy atom. The molecule has 1 unspecified atom stereocenters. The van der Waals surface area contributed by atoms with Crippen molar-refractivity contribution in [1.82, 2.24) is 5.32 Å². The summed E-state index contributed by atoms with van der Waals surface area (Å²) in [6, 6.07) is -0.0818. The van der Waals surface area contributed by atoms with Gasteiger partial charge in [0.1, 0.15) is 0 Å². The Morgan fingerprint density at radius 3 is 2.53 bits per heavy atom. The van der Waals surface area contributed by atoms with E-state index < -0.39 is 6.04 Å². The van der Waals surface area contributed by atoms with Crippen LogP contribution < -0.4 is 11.1 Å². The summed E-state index contributed by atoms with van der Waals surface area (Å²) in [6.45, 7) is 3.58. The maximum absolute atomic E-state index is 11.6. The molecule has 86 valence electrons. The molecular weight excluding hydrogens is 188 g/mol. The third kappa shape index (κ3) is 4.47. The largest absolute Gasteiger partial charge is 0.352 e. The quantitative estimate of drug-likeness (QED) is 0.548. The van der Waals surface area contributed by atoms with Gasteiger partial charge in [0.05, 0.1) is 6.04 Å². The van der Waals surface area contributed by atoms with Gasteiger partial charge in [0.2, 0.25) is 5.91 Å². The minimum Gasteiger partial charge on any atom is -0.352 e. The van der Waals surface area contributed by atoms with Crippen molar-refractivity contribution < 1.29 is 4.79 Å². The van der Waals surface area contributed by atoms with Crippen molar-refractivity contribution in [1.29, 1.82) is 0 Å². The molecule has 1 aliphatic rings. The highest BCUT2D eigenvalue weighted by atomic mass is 16.2. The summed E-state index contributed by atoms with van der Waals surface area (Å²) in [5, 5.41) is 3.03. The number of carbonyl (C=O) groups excluding carboxylic acids is 1. The fourth-order valence-corrected chi connectivity index (χ4v) is 2.02. The van der Waals surface area contributed by atoms with E-state index in [1.54, 1.807) is 6.08 Å². The van der Waals surface area contributed by atoms with Crippen molar-refractivity contribution >= 4 is 5.91 Å². The van der Waals surface area contributed by atoms with Crippen LogP contribution in [0.3, 0.4) is 0 Å². The third-order valence-electron chi connectivity index (χ3n) is 2.96. The summed E-state index contributed by atoms with van der Waals surface area (Å²) in [6.07, 6.45) is 9.49. The molecule has 0 spiro atoms. The van der Waals surface area contributed by atoms with Gasteiger partial charge in [0, 0.05) is 6.04 Å². The van der Waals surface area contributed by atoms with Gasteiger partial charge in [-0.1, -0.05) is 31.8 Å². The lowest BCUT2D eigenvalue weighted by atomic mass is 10.1. The van der Waals surface area contributed by atoms with Gasteiger partial charge in [-0.3, -0.25) is 4.79 Å². The standard InChI is InChI=1S/C12H22N2O/c1-2-7-11(13)12(15)14-10-8-5-3-4-6-9-10/h2,10-11H,1,3-9,13H2,(H,14,15). The van der Waals surface area contributed by atoms with Crippen LogP contribution >= 0.6 is 0 Å². The molecule has 0 aromatic rings. The molecule has 1 fully saturated rings. The van der Waals surface area contributed by atoms with E-state index >= 15 is 0 Å². The molecule has 0 saturated heterocycles. The Labute approximate surface area is 92.1 Å². The monoisotopic (exact) mass is 210 g/mol. The van der Waals surface area contributed by atoms with E-state index in [0.717, 1.165) is 12.8 Å². The number of carbonyl (C=O) groups is 1.